The number of ether oxygens (including phenoxy) is 2. The molecule has 28 heavy (non-hydrogen) atoms. The molecule has 0 heterocycles. The average molecular weight is 370 g/mol. The van der Waals surface area contributed by atoms with Gasteiger partial charge in [-0.15, -0.1) is 0 Å². The Bertz CT molecular complexity index is 1030. The third-order valence-corrected chi connectivity index (χ3v) is 5.02. The van der Waals surface area contributed by atoms with Crippen molar-refractivity contribution in [1.82, 2.24) is 0 Å². The van der Waals surface area contributed by atoms with Crippen LogP contribution in [0.4, 0.5) is 0 Å². The lowest BCUT2D eigenvalue weighted by Crippen LogP contribution is -2.00. The van der Waals surface area contributed by atoms with Crippen LogP contribution in [0.5, 0.6) is 11.5 Å². The number of benzene rings is 3. The number of hydrogen-bond acceptors (Lipinski definition) is 3. The van der Waals surface area contributed by atoms with Gasteiger partial charge in [-0.2, -0.15) is 0 Å². The minimum Gasteiger partial charge on any atom is -0.497 e. The van der Waals surface area contributed by atoms with Gasteiger partial charge in [-0.25, -0.2) is 0 Å². The predicted octanol–water partition coefficient (Wildman–Crippen LogP) is 5.38. The third kappa shape index (κ3) is 3.45. The van der Waals surface area contributed by atoms with Gasteiger partial charge < -0.3 is 14.6 Å². The summed E-state index contributed by atoms with van der Waals surface area (Å²) in [5.74, 6) is 1.61. The molecule has 1 N–H and O–H groups in total. The molecule has 0 bridgehead atoms. The highest BCUT2D eigenvalue weighted by Gasteiger charge is 2.24. The number of hydrogen-bond donors (Lipinski definition) is 1. The van der Waals surface area contributed by atoms with E-state index in [2.05, 4.69) is 24.3 Å². The highest BCUT2D eigenvalue weighted by molar-refractivity contribution is 6.02. The van der Waals surface area contributed by atoms with Crippen molar-refractivity contribution in [2.75, 3.05) is 14.2 Å². The van der Waals surface area contributed by atoms with Crippen molar-refractivity contribution in [3.8, 4) is 11.5 Å². The van der Waals surface area contributed by atoms with Crippen LogP contribution in [-0.2, 0) is 0 Å². The number of allylic oxidation sites excluding steroid dienone is 2. The zero-order chi connectivity index (χ0) is 19.5. The van der Waals surface area contributed by atoms with Gasteiger partial charge in [0.1, 0.15) is 17.6 Å². The Morgan fingerprint density at radius 2 is 1.32 bits per heavy atom. The highest BCUT2D eigenvalue weighted by Crippen LogP contribution is 2.42. The molecule has 0 aliphatic heterocycles. The molecule has 0 aromatic heterocycles. The highest BCUT2D eigenvalue weighted by atomic mass is 16.5. The van der Waals surface area contributed by atoms with Crippen molar-refractivity contribution in [2.24, 2.45) is 0 Å². The quantitative estimate of drug-likeness (QED) is 0.656. The van der Waals surface area contributed by atoms with Crippen molar-refractivity contribution < 1.29 is 14.6 Å². The second-order valence-electron chi connectivity index (χ2n) is 6.69. The lowest BCUT2D eigenvalue weighted by molar-refractivity contribution is 0.238. The van der Waals surface area contributed by atoms with Gasteiger partial charge >= 0.3 is 0 Å². The van der Waals surface area contributed by atoms with Crippen molar-refractivity contribution in [3.05, 3.63) is 101 Å². The molecule has 0 saturated carbocycles. The molecule has 1 unspecified atom stereocenters. The van der Waals surface area contributed by atoms with E-state index in [-0.39, 0.29) is 0 Å². The van der Waals surface area contributed by atoms with Gasteiger partial charge in [0.25, 0.3) is 0 Å². The summed E-state index contributed by atoms with van der Waals surface area (Å²) in [7, 11) is 3.30. The summed E-state index contributed by atoms with van der Waals surface area (Å²) in [6.07, 6.45) is 3.50. The first-order chi connectivity index (χ1) is 13.7. The van der Waals surface area contributed by atoms with Crippen LogP contribution >= 0.6 is 0 Å². The smallest absolute Gasteiger partial charge is 0.118 e. The topological polar surface area (TPSA) is 38.7 Å². The van der Waals surface area contributed by atoms with E-state index in [1.54, 1.807) is 14.2 Å². The fourth-order valence-electron chi connectivity index (χ4n) is 3.50. The van der Waals surface area contributed by atoms with Gasteiger partial charge in [0.2, 0.25) is 0 Å². The molecule has 3 nitrogen and oxygen atoms in total. The Morgan fingerprint density at radius 3 is 1.93 bits per heavy atom. The average Bonchev–Trinajstić information content (AvgIpc) is 3.12. The summed E-state index contributed by atoms with van der Waals surface area (Å²) < 4.78 is 10.5. The fourth-order valence-corrected chi connectivity index (χ4v) is 3.50. The maximum Gasteiger partial charge on any atom is 0.118 e. The largest absolute Gasteiger partial charge is 0.497 e. The molecule has 0 spiro atoms. The summed E-state index contributed by atoms with van der Waals surface area (Å²) >= 11 is 0. The molecule has 0 radical (unpaired) electrons. The molecule has 3 heteroatoms. The van der Waals surface area contributed by atoms with Crippen LogP contribution in [0.15, 0.2) is 78.9 Å². The molecule has 140 valence electrons. The SMILES string of the molecule is COc1ccc(/C=C2\C=C(C(O)c3ccc(OC)cc3)c3ccccc32)cc1. The minimum absolute atomic E-state index is 0.700. The molecule has 3 aromatic carbocycles. The molecule has 0 fully saturated rings. The summed E-state index contributed by atoms with van der Waals surface area (Å²) in [5.41, 5.74) is 6.10. The summed E-state index contributed by atoms with van der Waals surface area (Å²) in [5, 5.41) is 11.0. The van der Waals surface area contributed by atoms with Crippen LogP contribution in [-0.4, -0.2) is 19.3 Å². The number of aliphatic hydroxyl groups is 1. The molecule has 4 rings (SSSR count). The van der Waals surface area contributed by atoms with E-state index in [0.29, 0.717) is 0 Å². The first-order valence-corrected chi connectivity index (χ1v) is 9.19. The van der Waals surface area contributed by atoms with E-state index in [0.717, 1.165) is 44.9 Å². The molecule has 3 aromatic rings. The second kappa shape index (κ2) is 7.75. The van der Waals surface area contributed by atoms with E-state index in [1.165, 1.54) is 0 Å². The van der Waals surface area contributed by atoms with Crippen LogP contribution in [0.3, 0.4) is 0 Å². The number of aliphatic hydroxyl groups excluding tert-OH is 1. The number of rotatable bonds is 5. The summed E-state index contributed by atoms with van der Waals surface area (Å²) in [6.45, 7) is 0. The van der Waals surface area contributed by atoms with E-state index in [1.807, 2.05) is 60.7 Å². The van der Waals surface area contributed by atoms with Crippen molar-refractivity contribution in [3.63, 3.8) is 0 Å². The fraction of sp³-hybridized carbons (Fsp3) is 0.120. The van der Waals surface area contributed by atoms with Gasteiger partial charge in [0.15, 0.2) is 0 Å². The van der Waals surface area contributed by atoms with Gasteiger partial charge in [-0.05, 0) is 69.8 Å². The third-order valence-electron chi connectivity index (χ3n) is 5.02. The molecule has 1 aliphatic carbocycles. The zero-order valence-corrected chi connectivity index (χ0v) is 15.9. The first kappa shape index (κ1) is 18.1. The summed E-state index contributed by atoms with van der Waals surface area (Å²) in [6, 6.07) is 23.7. The van der Waals surface area contributed by atoms with E-state index in [4.69, 9.17) is 9.47 Å². The molecular formula is C25H22O3. The van der Waals surface area contributed by atoms with Gasteiger partial charge in [-0.1, -0.05) is 48.5 Å². The second-order valence-corrected chi connectivity index (χ2v) is 6.69. The monoisotopic (exact) mass is 370 g/mol. The van der Waals surface area contributed by atoms with Crippen LogP contribution in [0.1, 0.15) is 28.4 Å². The van der Waals surface area contributed by atoms with Gasteiger partial charge in [-0.3, -0.25) is 0 Å². The zero-order valence-electron chi connectivity index (χ0n) is 15.9. The normalized spacial score (nSPS) is 15.1. The standard InChI is InChI=1S/C25H22O3/c1-27-20-11-7-17(8-12-20)15-19-16-24(23-6-4-3-5-22(19)23)25(26)18-9-13-21(28-2)14-10-18/h3-16,25-26H,1-2H3/b19-15+. The first-order valence-electron chi connectivity index (χ1n) is 9.19. The van der Waals surface area contributed by atoms with Gasteiger partial charge in [0, 0.05) is 0 Å². The van der Waals surface area contributed by atoms with Crippen molar-refractivity contribution in [1.29, 1.82) is 0 Å². The van der Waals surface area contributed by atoms with Crippen molar-refractivity contribution in [2.45, 2.75) is 6.10 Å². The summed E-state index contributed by atoms with van der Waals surface area (Å²) in [4.78, 5) is 0. The lowest BCUT2D eigenvalue weighted by atomic mass is 9.96. The van der Waals surface area contributed by atoms with Crippen LogP contribution < -0.4 is 9.47 Å². The molecule has 1 atom stereocenters. The van der Waals surface area contributed by atoms with Crippen LogP contribution in [0, 0.1) is 0 Å². The number of methoxy groups -OCH3 is 2. The number of fused-ring (bicyclic) bond motifs is 1. The van der Waals surface area contributed by atoms with Crippen LogP contribution in [0.2, 0.25) is 0 Å². The van der Waals surface area contributed by atoms with E-state index < -0.39 is 6.10 Å². The molecule has 0 amide bonds. The lowest BCUT2D eigenvalue weighted by Gasteiger charge is -2.14. The van der Waals surface area contributed by atoms with Crippen molar-refractivity contribution >= 4 is 17.2 Å². The predicted molar refractivity (Wildman–Crippen MR) is 113 cm³/mol. The maximum atomic E-state index is 11.0. The van der Waals surface area contributed by atoms with Gasteiger partial charge in [0.05, 0.1) is 14.2 Å². The molecular weight excluding hydrogens is 348 g/mol. The van der Waals surface area contributed by atoms with Crippen LogP contribution in [0.25, 0.3) is 17.2 Å². The Kier molecular flexibility index (Phi) is 5.00. The molecule has 0 saturated heterocycles. The minimum atomic E-state index is -0.700. The van der Waals surface area contributed by atoms with E-state index in [9.17, 15) is 5.11 Å². The maximum absolute atomic E-state index is 11.0. The Labute approximate surface area is 165 Å². The Morgan fingerprint density at radius 1 is 0.750 bits per heavy atom. The van der Waals surface area contributed by atoms with E-state index >= 15 is 0 Å². The Hall–Kier alpha value is -3.30. The Balaban J connectivity index is 1.72. The molecule has 1 aliphatic rings.